The number of halogens is 1. The molecule has 2 rings (SSSR count). The lowest BCUT2D eigenvalue weighted by molar-refractivity contribution is -0.122. The number of hydrogen-bond donors (Lipinski definition) is 2. The van der Waals surface area contributed by atoms with Crippen molar-refractivity contribution < 1.29 is 4.79 Å². The third-order valence-corrected chi connectivity index (χ3v) is 4.55. The predicted octanol–water partition coefficient (Wildman–Crippen LogP) is 3.37. The molecule has 2 atom stereocenters. The van der Waals surface area contributed by atoms with Gasteiger partial charge in [0.05, 0.1) is 0 Å². The Morgan fingerprint density at radius 1 is 1.23 bits per heavy atom. The van der Waals surface area contributed by atoms with Crippen LogP contribution in [0.25, 0.3) is 0 Å². The van der Waals surface area contributed by atoms with Gasteiger partial charge in [-0.1, -0.05) is 42.7 Å². The monoisotopic (exact) mass is 324 g/mol. The van der Waals surface area contributed by atoms with Crippen molar-refractivity contribution in [1.29, 1.82) is 0 Å². The van der Waals surface area contributed by atoms with Crippen molar-refractivity contribution in [2.75, 3.05) is 6.54 Å². The molecule has 124 valence electrons. The Morgan fingerprint density at radius 3 is 2.59 bits per heavy atom. The van der Waals surface area contributed by atoms with Gasteiger partial charge in [-0.15, -0.1) is 12.4 Å². The van der Waals surface area contributed by atoms with Crippen molar-refractivity contribution in [3.8, 4) is 0 Å². The van der Waals surface area contributed by atoms with Crippen molar-refractivity contribution >= 4 is 18.3 Å². The van der Waals surface area contributed by atoms with E-state index in [1.165, 1.54) is 24.0 Å². The van der Waals surface area contributed by atoms with E-state index < -0.39 is 0 Å². The van der Waals surface area contributed by atoms with Crippen LogP contribution in [-0.2, 0) is 11.2 Å². The van der Waals surface area contributed by atoms with Gasteiger partial charge >= 0.3 is 0 Å². The van der Waals surface area contributed by atoms with Crippen LogP contribution in [0.2, 0.25) is 0 Å². The Morgan fingerprint density at radius 2 is 1.91 bits per heavy atom. The summed E-state index contributed by atoms with van der Waals surface area (Å²) in [6, 6.07) is 8.86. The van der Waals surface area contributed by atoms with Gasteiger partial charge in [0.1, 0.15) is 0 Å². The quantitative estimate of drug-likeness (QED) is 0.843. The molecule has 0 aromatic heterocycles. The Hall–Kier alpha value is -1.06. The molecule has 2 unspecified atom stereocenters. The van der Waals surface area contributed by atoms with Crippen molar-refractivity contribution in [1.82, 2.24) is 5.32 Å². The number of rotatable bonds is 6. The second-order valence-electron chi connectivity index (χ2n) is 6.29. The van der Waals surface area contributed by atoms with E-state index >= 15 is 0 Å². The maximum Gasteiger partial charge on any atom is 0.220 e. The summed E-state index contributed by atoms with van der Waals surface area (Å²) in [5.74, 6) is 0.660. The second kappa shape index (κ2) is 9.86. The average Bonchev–Trinajstić information content (AvgIpc) is 2.50. The second-order valence-corrected chi connectivity index (χ2v) is 6.29. The maximum absolute atomic E-state index is 12.1. The summed E-state index contributed by atoms with van der Waals surface area (Å²) in [4.78, 5) is 12.1. The van der Waals surface area contributed by atoms with Gasteiger partial charge in [0.15, 0.2) is 0 Å². The number of carbonyl (C=O) groups excluding carboxylic acids is 1. The van der Waals surface area contributed by atoms with Gasteiger partial charge in [0.25, 0.3) is 0 Å². The molecule has 1 aliphatic rings. The normalized spacial score (nSPS) is 21.0. The smallest absolute Gasteiger partial charge is 0.220 e. The summed E-state index contributed by atoms with van der Waals surface area (Å²) < 4.78 is 0. The molecule has 3 nitrogen and oxygen atoms in total. The lowest BCUT2D eigenvalue weighted by Crippen LogP contribution is -2.44. The molecule has 0 saturated heterocycles. The lowest BCUT2D eigenvalue weighted by Gasteiger charge is -2.31. The molecular formula is C18H29ClN2O. The summed E-state index contributed by atoms with van der Waals surface area (Å²) in [6.45, 7) is 2.78. The van der Waals surface area contributed by atoms with Crippen LogP contribution in [0.5, 0.6) is 0 Å². The van der Waals surface area contributed by atoms with Crippen LogP contribution in [0.3, 0.4) is 0 Å². The van der Waals surface area contributed by atoms with Gasteiger partial charge in [-0.2, -0.15) is 0 Å². The summed E-state index contributed by atoms with van der Waals surface area (Å²) in [6.07, 6.45) is 7.21. The number of nitrogens with two attached hydrogens (primary N) is 1. The maximum atomic E-state index is 12.1. The highest BCUT2D eigenvalue weighted by molar-refractivity contribution is 5.85. The number of benzene rings is 1. The SMILES string of the molecule is Cc1ccc(CCCC(=O)NC2CCCCC2CN)cc1.Cl. The summed E-state index contributed by atoms with van der Waals surface area (Å²) in [5.41, 5.74) is 8.40. The Balaban J connectivity index is 0.00000242. The topological polar surface area (TPSA) is 55.1 Å². The number of carbonyl (C=O) groups is 1. The molecule has 1 aliphatic carbocycles. The van der Waals surface area contributed by atoms with E-state index in [4.69, 9.17) is 5.73 Å². The molecule has 1 fully saturated rings. The Kier molecular flexibility index (Phi) is 8.51. The summed E-state index contributed by atoms with van der Waals surface area (Å²) in [5, 5.41) is 3.20. The molecule has 1 saturated carbocycles. The summed E-state index contributed by atoms with van der Waals surface area (Å²) in [7, 11) is 0. The van der Waals surface area contributed by atoms with Gasteiger partial charge < -0.3 is 11.1 Å². The van der Waals surface area contributed by atoms with Gasteiger partial charge in [0.2, 0.25) is 5.91 Å². The molecule has 0 aliphatic heterocycles. The van der Waals surface area contributed by atoms with E-state index in [-0.39, 0.29) is 18.3 Å². The molecule has 0 radical (unpaired) electrons. The fraction of sp³-hybridized carbons (Fsp3) is 0.611. The molecule has 1 aromatic carbocycles. The zero-order valence-electron chi connectivity index (χ0n) is 13.5. The van der Waals surface area contributed by atoms with E-state index in [9.17, 15) is 4.79 Å². The molecular weight excluding hydrogens is 296 g/mol. The first-order valence-corrected chi connectivity index (χ1v) is 8.24. The van der Waals surface area contributed by atoms with Gasteiger partial charge in [-0.3, -0.25) is 4.79 Å². The number of amides is 1. The van der Waals surface area contributed by atoms with E-state index in [1.807, 2.05) is 0 Å². The van der Waals surface area contributed by atoms with Crippen molar-refractivity contribution in [2.24, 2.45) is 11.7 Å². The van der Waals surface area contributed by atoms with Crippen LogP contribution < -0.4 is 11.1 Å². The van der Waals surface area contributed by atoms with Crippen molar-refractivity contribution in [2.45, 2.75) is 57.9 Å². The van der Waals surface area contributed by atoms with Crippen LogP contribution in [0.1, 0.15) is 49.7 Å². The number of hydrogen-bond acceptors (Lipinski definition) is 2. The van der Waals surface area contributed by atoms with Crippen LogP contribution in [0.15, 0.2) is 24.3 Å². The fourth-order valence-corrected chi connectivity index (χ4v) is 3.17. The number of nitrogens with one attached hydrogen (secondary N) is 1. The van der Waals surface area contributed by atoms with Gasteiger partial charge in [0, 0.05) is 12.5 Å². The predicted molar refractivity (Wildman–Crippen MR) is 94.3 cm³/mol. The zero-order valence-corrected chi connectivity index (χ0v) is 14.3. The molecule has 0 spiro atoms. The highest BCUT2D eigenvalue weighted by Gasteiger charge is 2.24. The van der Waals surface area contributed by atoms with Crippen molar-refractivity contribution in [3.63, 3.8) is 0 Å². The molecule has 4 heteroatoms. The van der Waals surface area contributed by atoms with Gasteiger partial charge in [-0.25, -0.2) is 0 Å². The third-order valence-electron chi connectivity index (χ3n) is 4.55. The fourth-order valence-electron chi connectivity index (χ4n) is 3.17. The molecule has 0 heterocycles. The molecule has 1 amide bonds. The first kappa shape index (κ1) is 19.0. The molecule has 3 N–H and O–H groups in total. The van der Waals surface area contributed by atoms with E-state index in [0.717, 1.165) is 25.7 Å². The number of aryl methyl sites for hydroxylation is 2. The first-order valence-electron chi connectivity index (χ1n) is 8.24. The lowest BCUT2D eigenvalue weighted by atomic mass is 9.84. The Labute approximate surface area is 140 Å². The van der Waals surface area contributed by atoms with Crippen molar-refractivity contribution in [3.05, 3.63) is 35.4 Å². The highest BCUT2D eigenvalue weighted by atomic mass is 35.5. The van der Waals surface area contributed by atoms with Gasteiger partial charge in [-0.05, 0) is 50.6 Å². The third kappa shape index (κ3) is 5.98. The minimum atomic E-state index is 0. The minimum absolute atomic E-state index is 0. The van der Waals surface area contributed by atoms with Crippen LogP contribution in [0, 0.1) is 12.8 Å². The highest BCUT2D eigenvalue weighted by Crippen LogP contribution is 2.23. The van der Waals surface area contributed by atoms with E-state index in [0.29, 0.717) is 24.9 Å². The largest absolute Gasteiger partial charge is 0.353 e. The minimum Gasteiger partial charge on any atom is -0.353 e. The standard InChI is InChI=1S/C18H28N2O.ClH/c1-14-9-11-15(12-10-14)5-4-8-18(21)20-17-7-3-2-6-16(17)13-19;/h9-12,16-17H,2-8,13,19H2,1H3,(H,20,21);1H. The molecule has 0 bridgehead atoms. The molecule has 1 aromatic rings. The average molecular weight is 325 g/mol. The molecule has 22 heavy (non-hydrogen) atoms. The zero-order chi connectivity index (χ0) is 15.1. The van der Waals surface area contributed by atoms with Crippen LogP contribution in [0.4, 0.5) is 0 Å². The first-order chi connectivity index (χ1) is 10.2. The van der Waals surface area contributed by atoms with E-state index in [1.54, 1.807) is 0 Å². The summed E-state index contributed by atoms with van der Waals surface area (Å²) >= 11 is 0. The van der Waals surface area contributed by atoms with Crippen LogP contribution >= 0.6 is 12.4 Å². The van der Waals surface area contributed by atoms with E-state index in [2.05, 4.69) is 36.5 Å². The Bertz CT molecular complexity index is 447. The van der Waals surface area contributed by atoms with Crippen LogP contribution in [-0.4, -0.2) is 18.5 Å².